The lowest BCUT2D eigenvalue weighted by atomic mass is 10.1. The molecule has 3 aromatic rings. The molecule has 0 spiro atoms. The molecule has 0 aliphatic carbocycles. The number of para-hydroxylation sites is 1. The summed E-state index contributed by atoms with van der Waals surface area (Å²) in [7, 11) is 0. The standard InChI is InChI=1S/C20H18N4O3S/c25-17(23-19-21-14-8-4-5-9-16(14)28-19)11-10-15-18(26)24(20(27)22-15)12-13-6-2-1-3-7-13/h1-9,15H,10-12H2,(H,22,27)(H,21,23,25)/t15-/m0/s1. The first-order chi connectivity index (χ1) is 13.6. The molecule has 1 atom stereocenters. The molecule has 1 aliphatic rings. The Balaban J connectivity index is 1.32. The Kier molecular flexibility index (Phi) is 5.03. The van der Waals surface area contributed by atoms with Gasteiger partial charge in [0.2, 0.25) is 5.91 Å². The number of aromatic nitrogens is 1. The van der Waals surface area contributed by atoms with E-state index in [0.717, 1.165) is 15.8 Å². The van der Waals surface area contributed by atoms with Crippen molar-refractivity contribution in [1.29, 1.82) is 0 Å². The molecule has 0 radical (unpaired) electrons. The van der Waals surface area contributed by atoms with Gasteiger partial charge >= 0.3 is 6.03 Å². The number of rotatable bonds is 6. The number of anilines is 1. The number of imide groups is 1. The van der Waals surface area contributed by atoms with Crippen LogP contribution in [-0.4, -0.2) is 33.8 Å². The third-order valence-electron chi connectivity index (χ3n) is 4.49. The van der Waals surface area contributed by atoms with E-state index in [1.165, 1.54) is 16.2 Å². The fourth-order valence-corrected chi connectivity index (χ4v) is 3.95. The van der Waals surface area contributed by atoms with E-state index < -0.39 is 12.1 Å². The largest absolute Gasteiger partial charge is 0.326 e. The average molecular weight is 394 g/mol. The molecule has 142 valence electrons. The van der Waals surface area contributed by atoms with Crippen LogP contribution in [0.1, 0.15) is 18.4 Å². The first kappa shape index (κ1) is 18.1. The smallest absolute Gasteiger partial charge is 0.325 e. The lowest BCUT2D eigenvalue weighted by Gasteiger charge is -2.13. The Bertz CT molecular complexity index is 1000. The van der Waals surface area contributed by atoms with Gasteiger partial charge in [0, 0.05) is 6.42 Å². The van der Waals surface area contributed by atoms with Crippen molar-refractivity contribution in [2.45, 2.75) is 25.4 Å². The summed E-state index contributed by atoms with van der Waals surface area (Å²) in [6.45, 7) is 0.222. The van der Waals surface area contributed by atoms with Crippen LogP contribution in [0.15, 0.2) is 54.6 Å². The van der Waals surface area contributed by atoms with Gasteiger partial charge in [0.1, 0.15) is 6.04 Å². The summed E-state index contributed by atoms with van der Waals surface area (Å²) in [5.41, 5.74) is 1.71. The molecule has 1 fully saturated rings. The average Bonchev–Trinajstić information content (AvgIpc) is 3.22. The van der Waals surface area contributed by atoms with E-state index in [0.29, 0.717) is 5.13 Å². The van der Waals surface area contributed by atoms with Gasteiger partial charge in [-0.3, -0.25) is 14.5 Å². The molecule has 1 aromatic heterocycles. The lowest BCUT2D eigenvalue weighted by molar-refractivity contribution is -0.128. The number of benzene rings is 2. The summed E-state index contributed by atoms with van der Waals surface area (Å²) in [5.74, 6) is -0.538. The van der Waals surface area contributed by atoms with E-state index in [-0.39, 0.29) is 31.2 Å². The Hall–Kier alpha value is -3.26. The maximum Gasteiger partial charge on any atom is 0.325 e. The highest BCUT2D eigenvalue weighted by Crippen LogP contribution is 2.25. The Morgan fingerprint density at radius 3 is 2.64 bits per heavy atom. The Labute approximate surface area is 165 Å². The molecule has 2 aromatic carbocycles. The molecular formula is C20H18N4O3S. The summed E-state index contributed by atoms with van der Waals surface area (Å²) >= 11 is 1.40. The monoisotopic (exact) mass is 394 g/mol. The number of hydrogen-bond donors (Lipinski definition) is 2. The zero-order valence-corrected chi connectivity index (χ0v) is 15.7. The van der Waals surface area contributed by atoms with Crippen LogP contribution in [0.3, 0.4) is 0 Å². The Morgan fingerprint density at radius 1 is 1.11 bits per heavy atom. The van der Waals surface area contributed by atoms with Gasteiger partial charge in [-0.2, -0.15) is 0 Å². The zero-order chi connectivity index (χ0) is 19.5. The van der Waals surface area contributed by atoms with Gasteiger partial charge in [-0.25, -0.2) is 9.78 Å². The summed E-state index contributed by atoms with van der Waals surface area (Å²) < 4.78 is 0.993. The first-order valence-corrected chi connectivity index (χ1v) is 9.73. The van der Waals surface area contributed by atoms with Crippen molar-refractivity contribution >= 4 is 44.5 Å². The van der Waals surface area contributed by atoms with Crippen LogP contribution in [0.2, 0.25) is 0 Å². The van der Waals surface area contributed by atoms with Crippen molar-refractivity contribution in [3.8, 4) is 0 Å². The molecule has 2 heterocycles. The molecule has 4 rings (SSSR count). The third kappa shape index (κ3) is 3.86. The summed E-state index contributed by atoms with van der Waals surface area (Å²) in [4.78, 5) is 42.4. The van der Waals surface area contributed by atoms with Crippen molar-refractivity contribution in [1.82, 2.24) is 15.2 Å². The van der Waals surface area contributed by atoms with Crippen molar-refractivity contribution in [2.75, 3.05) is 5.32 Å². The quantitative estimate of drug-likeness (QED) is 0.629. The van der Waals surface area contributed by atoms with Crippen LogP contribution in [0.4, 0.5) is 9.93 Å². The van der Waals surface area contributed by atoms with Crippen LogP contribution < -0.4 is 10.6 Å². The van der Waals surface area contributed by atoms with Crippen LogP contribution >= 0.6 is 11.3 Å². The predicted octanol–water partition coefficient (Wildman–Crippen LogP) is 3.14. The van der Waals surface area contributed by atoms with E-state index in [9.17, 15) is 14.4 Å². The highest BCUT2D eigenvalue weighted by atomic mass is 32.1. The SMILES string of the molecule is O=C(CC[C@@H]1NC(=O)N(Cc2ccccc2)C1=O)Nc1nc2ccccc2s1. The molecule has 7 nitrogen and oxygen atoms in total. The lowest BCUT2D eigenvalue weighted by Crippen LogP contribution is -2.31. The van der Waals surface area contributed by atoms with E-state index in [4.69, 9.17) is 0 Å². The minimum Gasteiger partial charge on any atom is -0.326 e. The first-order valence-electron chi connectivity index (χ1n) is 8.91. The number of nitrogens with zero attached hydrogens (tertiary/aromatic N) is 2. The number of carbonyl (C=O) groups is 3. The van der Waals surface area contributed by atoms with Gasteiger partial charge in [0.15, 0.2) is 5.13 Å². The fraction of sp³-hybridized carbons (Fsp3) is 0.200. The summed E-state index contributed by atoms with van der Waals surface area (Å²) in [5, 5.41) is 5.95. The number of urea groups is 1. The highest BCUT2D eigenvalue weighted by Gasteiger charge is 2.37. The van der Waals surface area contributed by atoms with Crippen LogP contribution in [0.25, 0.3) is 10.2 Å². The van der Waals surface area contributed by atoms with Gasteiger partial charge in [-0.1, -0.05) is 53.8 Å². The highest BCUT2D eigenvalue weighted by molar-refractivity contribution is 7.22. The van der Waals surface area contributed by atoms with Crippen molar-refractivity contribution in [2.24, 2.45) is 0 Å². The second kappa shape index (κ2) is 7.77. The molecule has 8 heteroatoms. The summed E-state index contributed by atoms with van der Waals surface area (Å²) in [6, 6.07) is 15.8. The van der Waals surface area contributed by atoms with E-state index in [1.807, 2.05) is 54.6 Å². The van der Waals surface area contributed by atoms with Gasteiger partial charge < -0.3 is 10.6 Å². The van der Waals surface area contributed by atoms with Gasteiger partial charge in [-0.05, 0) is 24.1 Å². The van der Waals surface area contributed by atoms with Crippen molar-refractivity contribution < 1.29 is 14.4 Å². The van der Waals surface area contributed by atoms with Gasteiger partial charge in [0.25, 0.3) is 5.91 Å². The minimum absolute atomic E-state index is 0.117. The van der Waals surface area contributed by atoms with Gasteiger partial charge in [0.05, 0.1) is 16.8 Å². The van der Waals surface area contributed by atoms with Crippen LogP contribution in [-0.2, 0) is 16.1 Å². The predicted molar refractivity (Wildman–Crippen MR) is 107 cm³/mol. The Morgan fingerprint density at radius 2 is 1.86 bits per heavy atom. The second-order valence-electron chi connectivity index (χ2n) is 6.49. The molecular weight excluding hydrogens is 376 g/mol. The molecule has 0 unspecified atom stereocenters. The number of nitrogens with one attached hydrogen (secondary N) is 2. The van der Waals surface area contributed by atoms with E-state index in [1.54, 1.807) is 0 Å². The molecule has 28 heavy (non-hydrogen) atoms. The van der Waals surface area contributed by atoms with E-state index in [2.05, 4.69) is 15.6 Å². The number of fused-ring (bicyclic) bond motifs is 1. The normalized spacial score (nSPS) is 16.4. The third-order valence-corrected chi connectivity index (χ3v) is 5.44. The number of amides is 4. The number of carbonyl (C=O) groups excluding carboxylic acids is 3. The number of hydrogen-bond acceptors (Lipinski definition) is 5. The molecule has 1 aliphatic heterocycles. The molecule has 4 amide bonds. The molecule has 2 N–H and O–H groups in total. The second-order valence-corrected chi connectivity index (χ2v) is 7.52. The maximum absolute atomic E-state index is 12.5. The topological polar surface area (TPSA) is 91.4 Å². The van der Waals surface area contributed by atoms with Gasteiger partial charge in [-0.15, -0.1) is 0 Å². The number of thiazole rings is 1. The molecule has 1 saturated heterocycles. The van der Waals surface area contributed by atoms with Crippen LogP contribution in [0.5, 0.6) is 0 Å². The van der Waals surface area contributed by atoms with Crippen molar-refractivity contribution in [3.05, 3.63) is 60.2 Å². The zero-order valence-electron chi connectivity index (χ0n) is 14.9. The van der Waals surface area contributed by atoms with Crippen molar-refractivity contribution in [3.63, 3.8) is 0 Å². The van der Waals surface area contributed by atoms with E-state index >= 15 is 0 Å². The maximum atomic E-state index is 12.5. The molecule has 0 saturated carbocycles. The van der Waals surface area contributed by atoms with Crippen LogP contribution in [0, 0.1) is 0 Å². The fourth-order valence-electron chi connectivity index (χ4n) is 3.07. The minimum atomic E-state index is -0.683. The summed E-state index contributed by atoms with van der Waals surface area (Å²) in [6.07, 6.45) is 0.360. The molecule has 0 bridgehead atoms.